The molecular formula is C16H30N2O3. The summed E-state index contributed by atoms with van der Waals surface area (Å²) in [5.74, 6) is -0.128. The lowest BCUT2D eigenvalue weighted by molar-refractivity contribution is -0.150. The molecule has 1 saturated heterocycles. The normalized spacial score (nSPS) is 24.0. The van der Waals surface area contributed by atoms with Gasteiger partial charge in [-0.25, -0.2) is 4.79 Å². The van der Waals surface area contributed by atoms with Gasteiger partial charge in [0, 0.05) is 19.1 Å². The van der Waals surface area contributed by atoms with Crippen LogP contribution in [0.25, 0.3) is 0 Å². The predicted molar refractivity (Wildman–Crippen MR) is 83.2 cm³/mol. The third-order valence-corrected chi connectivity index (χ3v) is 4.29. The molecule has 1 fully saturated rings. The first-order chi connectivity index (χ1) is 9.74. The van der Waals surface area contributed by atoms with Crippen molar-refractivity contribution in [3.8, 4) is 0 Å². The van der Waals surface area contributed by atoms with Crippen LogP contribution >= 0.6 is 0 Å². The summed E-state index contributed by atoms with van der Waals surface area (Å²) in [5, 5.41) is 12.3. The maximum atomic E-state index is 12.2. The number of carbonyl (C=O) groups excluding carboxylic acids is 1. The molecule has 2 atom stereocenters. The van der Waals surface area contributed by atoms with Gasteiger partial charge in [0.25, 0.3) is 0 Å². The molecule has 122 valence electrons. The van der Waals surface area contributed by atoms with Crippen LogP contribution in [0.2, 0.25) is 0 Å². The third-order valence-electron chi connectivity index (χ3n) is 4.29. The minimum Gasteiger partial charge on any atom is -0.481 e. The highest BCUT2D eigenvalue weighted by molar-refractivity contribution is 5.78. The fourth-order valence-electron chi connectivity index (χ4n) is 2.79. The van der Waals surface area contributed by atoms with Crippen LogP contribution < -0.4 is 5.32 Å². The summed E-state index contributed by atoms with van der Waals surface area (Å²) in [4.78, 5) is 25.2. The Hall–Kier alpha value is -1.26. The van der Waals surface area contributed by atoms with Gasteiger partial charge < -0.3 is 15.3 Å². The van der Waals surface area contributed by atoms with Gasteiger partial charge in [-0.1, -0.05) is 26.7 Å². The van der Waals surface area contributed by atoms with Crippen LogP contribution in [0.15, 0.2) is 0 Å². The van der Waals surface area contributed by atoms with Crippen LogP contribution in [0, 0.1) is 11.3 Å². The highest BCUT2D eigenvalue weighted by Crippen LogP contribution is 2.29. The summed E-state index contributed by atoms with van der Waals surface area (Å²) in [5.41, 5.74) is -0.809. The number of rotatable bonds is 6. The van der Waals surface area contributed by atoms with E-state index in [0.717, 1.165) is 19.3 Å². The summed E-state index contributed by atoms with van der Waals surface area (Å²) in [6.07, 6.45) is 4.62. The van der Waals surface area contributed by atoms with Gasteiger partial charge in [-0.2, -0.15) is 0 Å². The molecule has 1 aliphatic heterocycles. The summed E-state index contributed by atoms with van der Waals surface area (Å²) >= 11 is 0. The molecule has 1 aliphatic rings. The third kappa shape index (κ3) is 5.56. The zero-order valence-corrected chi connectivity index (χ0v) is 13.8. The number of likely N-dealkylation sites (tertiary alicyclic amines) is 1. The van der Waals surface area contributed by atoms with E-state index in [1.165, 1.54) is 6.42 Å². The lowest BCUT2D eigenvalue weighted by atomic mass is 9.82. The van der Waals surface area contributed by atoms with Gasteiger partial charge in [-0.3, -0.25) is 4.79 Å². The van der Waals surface area contributed by atoms with Crippen molar-refractivity contribution in [1.82, 2.24) is 10.2 Å². The van der Waals surface area contributed by atoms with Gasteiger partial charge in [-0.05, 0) is 39.0 Å². The Bertz CT molecular complexity index is 371. The lowest BCUT2D eigenvalue weighted by Crippen LogP contribution is -2.52. The monoisotopic (exact) mass is 298 g/mol. The summed E-state index contributed by atoms with van der Waals surface area (Å²) in [7, 11) is 0. The molecule has 1 heterocycles. The Morgan fingerprint density at radius 2 is 1.95 bits per heavy atom. The van der Waals surface area contributed by atoms with Crippen LogP contribution in [0.4, 0.5) is 4.79 Å². The van der Waals surface area contributed by atoms with Gasteiger partial charge in [0.05, 0.1) is 5.41 Å². The fraction of sp³-hybridized carbons (Fsp3) is 0.875. The molecule has 0 aromatic carbocycles. The van der Waals surface area contributed by atoms with Gasteiger partial charge >= 0.3 is 12.0 Å². The van der Waals surface area contributed by atoms with Crippen LogP contribution in [-0.4, -0.2) is 41.1 Å². The van der Waals surface area contributed by atoms with Gasteiger partial charge in [0.1, 0.15) is 0 Å². The number of urea groups is 1. The number of carbonyl (C=O) groups is 2. The van der Waals surface area contributed by atoms with Crippen molar-refractivity contribution < 1.29 is 14.7 Å². The van der Waals surface area contributed by atoms with Gasteiger partial charge in [0.2, 0.25) is 0 Å². The first-order valence-corrected chi connectivity index (χ1v) is 8.03. The average molecular weight is 298 g/mol. The van der Waals surface area contributed by atoms with E-state index in [0.29, 0.717) is 25.4 Å². The predicted octanol–water partition coefficient (Wildman–Crippen LogP) is 3.10. The molecule has 21 heavy (non-hydrogen) atoms. The van der Waals surface area contributed by atoms with Gasteiger partial charge in [0.15, 0.2) is 0 Å². The number of amides is 2. The van der Waals surface area contributed by atoms with Crippen molar-refractivity contribution in [1.29, 1.82) is 0 Å². The first kappa shape index (κ1) is 17.8. The molecule has 2 amide bonds. The number of aliphatic carboxylic acids is 1. The number of piperidine rings is 1. The number of nitrogens with zero attached hydrogens (tertiary/aromatic N) is 1. The number of nitrogens with one attached hydrogen (secondary N) is 1. The van der Waals surface area contributed by atoms with Crippen LogP contribution in [0.5, 0.6) is 0 Å². The first-order valence-electron chi connectivity index (χ1n) is 8.03. The topological polar surface area (TPSA) is 69.6 Å². The van der Waals surface area contributed by atoms with Crippen LogP contribution in [-0.2, 0) is 4.79 Å². The fourth-order valence-corrected chi connectivity index (χ4v) is 2.79. The zero-order chi connectivity index (χ0) is 16.0. The molecular weight excluding hydrogens is 268 g/mol. The van der Waals surface area contributed by atoms with E-state index < -0.39 is 11.4 Å². The molecule has 0 bridgehead atoms. The molecule has 2 unspecified atom stereocenters. The maximum Gasteiger partial charge on any atom is 0.317 e. The second-order valence-corrected chi connectivity index (χ2v) is 7.07. The van der Waals surface area contributed by atoms with Crippen LogP contribution in [0.3, 0.4) is 0 Å². The Morgan fingerprint density at radius 1 is 1.29 bits per heavy atom. The van der Waals surface area contributed by atoms with E-state index >= 15 is 0 Å². The van der Waals surface area contributed by atoms with Crippen molar-refractivity contribution in [2.24, 2.45) is 11.3 Å². The van der Waals surface area contributed by atoms with Crippen molar-refractivity contribution in [3.05, 3.63) is 0 Å². The summed E-state index contributed by atoms with van der Waals surface area (Å²) in [6, 6.07) is 0.00785. The van der Waals surface area contributed by atoms with Crippen molar-refractivity contribution in [3.63, 3.8) is 0 Å². The second-order valence-electron chi connectivity index (χ2n) is 7.07. The molecule has 0 spiro atoms. The Kier molecular flexibility index (Phi) is 6.49. The lowest BCUT2D eigenvalue weighted by Gasteiger charge is -2.37. The Morgan fingerprint density at radius 3 is 2.52 bits per heavy atom. The minimum absolute atomic E-state index is 0.126. The SMILES string of the molecule is CC(C)CCCC(C)NC(=O)N1CCCC(C)(C(=O)O)C1. The van der Waals surface area contributed by atoms with E-state index in [1.807, 2.05) is 6.92 Å². The van der Waals surface area contributed by atoms with Crippen molar-refractivity contribution >= 4 is 12.0 Å². The Balaban J connectivity index is 2.42. The smallest absolute Gasteiger partial charge is 0.317 e. The number of carboxylic acid groups (broad SMARTS) is 1. The van der Waals surface area contributed by atoms with E-state index in [4.69, 9.17) is 0 Å². The molecule has 5 nitrogen and oxygen atoms in total. The highest BCUT2D eigenvalue weighted by Gasteiger charge is 2.39. The second kappa shape index (κ2) is 7.66. The summed E-state index contributed by atoms with van der Waals surface area (Å²) < 4.78 is 0. The molecule has 0 aromatic heterocycles. The number of hydrogen-bond donors (Lipinski definition) is 2. The molecule has 2 N–H and O–H groups in total. The molecule has 0 aromatic rings. The van der Waals surface area contributed by atoms with Crippen molar-refractivity contribution in [2.75, 3.05) is 13.1 Å². The standard InChI is InChI=1S/C16H30N2O3/c1-12(2)7-5-8-13(3)17-15(21)18-10-6-9-16(4,11-18)14(19)20/h12-13H,5-11H2,1-4H3,(H,17,21)(H,19,20). The Labute approximate surface area is 128 Å². The molecule has 1 rings (SSSR count). The minimum atomic E-state index is -0.815. The number of carboxylic acids is 1. The molecule has 5 heteroatoms. The average Bonchev–Trinajstić information content (AvgIpc) is 2.38. The summed E-state index contributed by atoms with van der Waals surface area (Å²) in [6.45, 7) is 9.08. The van der Waals surface area contributed by atoms with Crippen LogP contribution in [0.1, 0.15) is 59.8 Å². The number of hydrogen-bond acceptors (Lipinski definition) is 2. The molecule has 0 aliphatic carbocycles. The van der Waals surface area contributed by atoms with E-state index in [2.05, 4.69) is 19.2 Å². The van der Waals surface area contributed by atoms with Crippen molar-refractivity contribution in [2.45, 2.75) is 65.8 Å². The maximum absolute atomic E-state index is 12.2. The molecule has 0 saturated carbocycles. The van der Waals surface area contributed by atoms with E-state index in [9.17, 15) is 14.7 Å². The largest absolute Gasteiger partial charge is 0.481 e. The van der Waals surface area contributed by atoms with Gasteiger partial charge in [-0.15, -0.1) is 0 Å². The highest BCUT2D eigenvalue weighted by atomic mass is 16.4. The molecule has 0 radical (unpaired) electrons. The zero-order valence-electron chi connectivity index (χ0n) is 13.8. The quantitative estimate of drug-likeness (QED) is 0.791. The van der Waals surface area contributed by atoms with E-state index in [1.54, 1.807) is 11.8 Å². The van der Waals surface area contributed by atoms with E-state index in [-0.39, 0.29) is 12.1 Å².